The van der Waals surface area contributed by atoms with Crippen LogP contribution in [0.1, 0.15) is 33.1 Å². The van der Waals surface area contributed by atoms with Gasteiger partial charge in [-0.2, -0.15) is 17.0 Å². The average molecular weight is 171 g/mol. The molecule has 2 heteroatoms. The molecule has 0 rings (SSSR count). The molecule has 0 N–H and O–H groups in total. The molecule has 0 aliphatic heterocycles. The molecule has 0 radical (unpaired) electrons. The topological polar surface area (TPSA) is 23.8 Å². The van der Waals surface area contributed by atoms with Crippen LogP contribution in [0.15, 0.2) is 0 Å². The van der Waals surface area contributed by atoms with Crippen LogP contribution >= 0.6 is 11.8 Å². The summed E-state index contributed by atoms with van der Waals surface area (Å²) < 4.78 is 0. The molecule has 0 aromatic carbocycles. The molecular formula is C9H17NS. The molecule has 0 heterocycles. The first-order valence-corrected chi connectivity index (χ1v) is 5.44. The Morgan fingerprint density at radius 1 is 1.45 bits per heavy atom. The molecule has 1 nitrogen and oxygen atoms in total. The highest BCUT2D eigenvalue weighted by atomic mass is 32.2. The molecule has 0 aliphatic rings. The predicted molar refractivity (Wildman–Crippen MR) is 51.6 cm³/mol. The van der Waals surface area contributed by atoms with Crippen molar-refractivity contribution in [1.82, 2.24) is 0 Å². The normalized spacial score (nSPS) is 12.5. The molecule has 1 unspecified atom stereocenters. The molecule has 0 aliphatic carbocycles. The lowest BCUT2D eigenvalue weighted by Gasteiger charge is -2.00. The zero-order valence-corrected chi connectivity index (χ0v) is 8.28. The first-order chi connectivity index (χ1) is 5.31. The average Bonchev–Trinajstić information content (AvgIpc) is 2.04. The van der Waals surface area contributed by atoms with Crippen molar-refractivity contribution in [2.45, 2.75) is 33.1 Å². The zero-order chi connectivity index (χ0) is 8.53. The number of rotatable bonds is 6. The zero-order valence-electron chi connectivity index (χ0n) is 7.47. The number of hydrogen-bond donors (Lipinski definition) is 0. The van der Waals surface area contributed by atoms with Crippen molar-refractivity contribution < 1.29 is 0 Å². The number of nitrogens with zero attached hydrogens (tertiary/aromatic N) is 1. The second kappa shape index (κ2) is 7.94. The van der Waals surface area contributed by atoms with Gasteiger partial charge in [0.05, 0.1) is 12.0 Å². The maximum atomic E-state index is 8.47. The van der Waals surface area contributed by atoms with E-state index in [1.54, 1.807) is 0 Å². The van der Waals surface area contributed by atoms with Crippen molar-refractivity contribution in [2.24, 2.45) is 5.92 Å². The Labute approximate surface area is 74.2 Å². The third-order valence-electron chi connectivity index (χ3n) is 1.48. The molecular weight excluding hydrogens is 154 g/mol. The van der Waals surface area contributed by atoms with Crippen LogP contribution < -0.4 is 0 Å². The van der Waals surface area contributed by atoms with Crippen molar-refractivity contribution in [3.05, 3.63) is 0 Å². The first kappa shape index (κ1) is 10.8. The predicted octanol–water partition coefficient (Wildman–Crippen LogP) is 3.07. The Morgan fingerprint density at radius 3 is 2.73 bits per heavy atom. The van der Waals surface area contributed by atoms with Gasteiger partial charge >= 0.3 is 0 Å². The van der Waals surface area contributed by atoms with Gasteiger partial charge in [0.15, 0.2) is 0 Å². The van der Waals surface area contributed by atoms with Crippen LogP contribution in [0.25, 0.3) is 0 Å². The summed E-state index contributed by atoms with van der Waals surface area (Å²) in [5, 5.41) is 8.47. The van der Waals surface area contributed by atoms with Crippen molar-refractivity contribution in [1.29, 1.82) is 5.26 Å². The number of hydrogen-bond acceptors (Lipinski definition) is 2. The van der Waals surface area contributed by atoms with Crippen LogP contribution in [0.3, 0.4) is 0 Å². The molecule has 0 fully saturated rings. The smallest absolute Gasteiger partial charge is 0.0661 e. The molecule has 0 saturated carbocycles. The number of thioether (sulfide) groups is 1. The summed E-state index contributed by atoms with van der Waals surface area (Å²) in [7, 11) is 0. The highest BCUT2D eigenvalue weighted by Gasteiger charge is 1.97. The lowest BCUT2D eigenvalue weighted by molar-refractivity contribution is 0.776. The summed E-state index contributed by atoms with van der Waals surface area (Å²) in [6, 6.07) is 2.23. The lowest BCUT2D eigenvalue weighted by Crippen LogP contribution is -1.94. The van der Waals surface area contributed by atoms with Gasteiger partial charge in [0.2, 0.25) is 0 Å². The Kier molecular flexibility index (Phi) is 7.83. The minimum atomic E-state index is 0.224. The van der Waals surface area contributed by atoms with Gasteiger partial charge in [-0.1, -0.05) is 19.8 Å². The number of nitriles is 1. The van der Waals surface area contributed by atoms with Gasteiger partial charge in [0.25, 0.3) is 0 Å². The summed E-state index contributed by atoms with van der Waals surface area (Å²) in [5.74, 6) is 2.45. The molecule has 11 heavy (non-hydrogen) atoms. The Bertz CT molecular complexity index is 117. The molecule has 0 aromatic rings. The van der Waals surface area contributed by atoms with E-state index in [-0.39, 0.29) is 5.92 Å². The lowest BCUT2D eigenvalue weighted by atomic mass is 10.3. The van der Waals surface area contributed by atoms with E-state index >= 15 is 0 Å². The van der Waals surface area contributed by atoms with E-state index in [2.05, 4.69) is 13.0 Å². The largest absolute Gasteiger partial charge is 0.198 e. The van der Waals surface area contributed by atoms with Gasteiger partial charge in [0.1, 0.15) is 0 Å². The molecule has 64 valence electrons. The monoisotopic (exact) mass is 171 g/mol. The summed E-state index contributed by atoms with van der Waals surface area (Å²) in [6.07, 6.45) is 3.92. The van der Waals surface area contributed by atoms with Gasteiger partial charge in [-0.05, 0) is 19.1 Å². The van der Waals surface area contributed by atoms with Crippen LogP contribution in [-0.2, 0) is 0 Å². The van der Waals surface area contributed by atoms with Gasteiger partial charge in [-0.3, -0.25) is 0 Å². The number of unbranched alkanes of at least 4 members (excludes halogenated alkanes) is 2. The first-order valence-electron chi connectivity index (χ1n) is 4.28. The SMILES string of the molecule is CCCCCSCC(C)C#N. The van der Waals surface area contributed by atoms with Gasteiger partial charge in [-0.25, -0.2) is 0 Å². The van der Waals surface area contributed by atoms with E-state index in [0.29, 0.717) is 0 Å². The van der Waals surface area contributed by atoms with Crippen molar-refractivity contribution >= 4 is 11.8 Å². The van der Waals surface area contributed by atoms with Crippen LogP contribution in [0.4, 0.5) is 0 Å². The molecule has 1 atom stereocenters. The highest BCUT2D eigenvalue weighted by molar-refractivity contribution is 7.99. The van der Waals surface area contributed by atoms with Crippen LogP contribution in [0, 0.1) is 17.2 Å². The second-order valence-corrected chi connectivity index (χ2v) is 3.96. The van der Waals surface area contributed by atoms with Crippen molar-refractivity contribution in [3.8, 4) is 6.07 Å². The molecule has 0 spiro atoms. The van der Waals surface area contributed by atoms with Crippen molar-refractivity contribution in [2.75, 3.05) is 11.5 Å². The quantitative estimate of drug-likeness (QED) is 0.573. The van der Waals surface area contributed by atoms with Crippen molar-refractivity contribution in [3.63, 3.8) is 0 Å². The highest BCUT2D eigenvalue weighted by Crippen LogP contribution is 2.10. The van der Waals surface area contributed by atoms with Crippen LogP contribution in [0.2, 0.25) is 0 Å². The van der Waals surface area contributed by atoms with E-state index in [1.807, 2.05) is 18.7 Å². The minimum Gasteiger partial charge on any atom is -0.198 e. The van der Waals surface area contributed by atoms with E-state index in [1.165, 1.54) is 25.0 Å². The summed E-state index contributed by atoms with van der Waals surface area (Å²) in [4.78, 5) is 0. The fraction of sp³-hybridized carbons (Fsp3) is 0.889. The maximum absolute atomic E-state index is 8.47. The third-order valence-corrected chi connectivity index (χ3v) is 2.79. The van der Waals surface area contributed by atoms with Gasteiger partial charge < -0.3 is 0 Å². The molecule has 0 amide bonds. The Balaban J connectivity index is 2.97. The van der Waals surface area contributed by atoms with Gasteiger partial charge in [-0.15, -0.1) is 0 Å². The standard InChI is InChI=1S/C9H17NS/c1-3-4-5-6-11-8-9(2)7-10/h9H,3-6,8H2,1-2H3. The van der Waals surface area contributed by atoms with E-state index in [0.717, 1.165) is 5.75 Å². The summed E-state index contributed by atoms with van der Waals surface area (Å²) >= 11 is 1.90. The second-order valence-electron chi connectivity index (χ2n) is 2.81. The van der Waals surface area contributed by atoms with E-state index in [9.17, 15) is 0 Å². The van der Waals surface area contributed by atoms with Gasteiger partial charge in [0, 0.05) is 5.75 Å². The molecule has 0 aromatic heterocycles. The van der Waals surface area contributed by atoms with Crippen LogP contribution in [0.5, 0.6) is 0 Å². The molecule has 0 saturated heterocycles. The van der Waals surface area contributed by atoms with E-state index in [4.69, 9.17) is 5.26 Å². The fourth-order valence-electron chi connectivity index (χ4n) is 0.752. The maximum Gasteiger partial charge on any atom is 0.0661 e. The Morgan fingerprint density at radius 2 is 2.18 bits per heavy atom. The Hall–Kier alpha value is -0.160. The molecule has 0 bridgehead atoms. The fourth-order valence-corrected chi connectivity index (χ4v) is 1.75. The summed E-state index contributed by atoms with van der Waals surface area (Å²) in [5.41, 5.74) is 0. The summed E-state index contributed by atoms with van der Waals surface area (Å²) in [6.45, 7) is 4.19. The van der Waals surface area contributed by atoms with Crippen LogP contribution in [-0.4, -0.2) is 11.5 Å². The van der Waals surface area contributed by atoms with E-state index < -0.39 is 0 Å². The minimum absolute atomic E-state index is 0.224. The third kappa shape index (κ3) is 7.74.